The third-order valence-electron chi connectivity index (χ3n) is 3.38. The summed E-state index contributed by atoms with van der Waals surface area (Å²) in [4.78, 5) is 0. The Morgan fingerprint density at radius 2 is 1.80 bits per heavy atom. The van der Waals surface area contributed by atoms with Gasteiger partial charge >= 0.3 is 0 Å². The van der Waals surface area contributed by atoms with E-state index in [9.17, 15) is 0 Å². The minimum absolute atomic E-state index is 0.784. The van der Waals surface area contributed by atoms with Gasteiger partial charge in [-0.2, -0.15) is 0 Å². The van der Waals surface area contributed by atoms with E-state index in [0.29, 0.717) is 0 Å². The molecule has 0 saturated heterocycles. The third kappa shape index (κ3) is 3.03. The summed E-state index contributed by atoms with van der Waals surface area (Å²) in [5, 5.41) is 5.42. The SMILES string of the molecule is Clc1ccc(CCNCc2coc3ccccc23)cc1. The van der Waals surface area contributed by atoms with Crippen molar-refractivity contribution in [2.75, 3.05) is 6.54 Å². The molecule has 0 aliphatic heterocycles. The molecule has 102 valence electrons. The second-order valence-corrected chi connectivity index (χ2v) is 5.25. The average molecular weight is 286 g/mol. The number of fused-ring (bicyclic) bond motifs is 1. The Morgan fingerprint density at radius 3 is 2.65 bits per heavy atom. The number of halogens is 1. The maximum Gasteiger partial charge on any atom is 0.134 e. The van der Waals surface area contributed by atoms with Gasteiger partial charge in [-0.15, -0.1) is 0 Å². The highest BCUT2D eigenvalue weighted by Gasteiger charge is 2.03. The minimum atomic E-state index is 0.784. The van der Waals surface area contributed by atoms with Crippen molar-refractivity contribution in [3.63, 3.8) is 0 Å². The molecule has 20 heavy (non-hydrogen) atoms. The van der Waals surface area contributed by atoms with Gasteiger partial charge in [0.15, 0.2) is 0 Å². The summed E-state index contributed by atoms with van der Waals surface area (Å²) in [5.74, 6) is 0. The summed E-state index contributed by atoms with van der Waals surface area (Å²) in [6.45, 7) is 1.76. The molecular formula is C17H16ClNO. The quantitative estimate of drug-likeness (QED) is 0.702. The van der Waals surface area contributed by atoms with Crippen LogP contribution in [0.1, 0.15) is 11.1 Å². The van der Waals surface area contributed by atoms with E-state index in [2.05, 4.69) is 23.5 Å². The van der Waals surface area contributed by atoms with Gasteiger partial charge in [0.1, 0.15) is 5.58 Å². The van der Waals surface area contributed by atoms with E-state index in [0.717, 1.165) is 30.1 Å². The van der Waals surface area contributed by atoms with E-state index in [-0.39, 0.29) is 0 Å². The third-order valence-corrected chi connectivity index (χ3v) is 3.63. The summed E-state index contributed by atoms with van der Waals surface area (Å²) in [6, 6.07) is 16.1. The van der Waals surface area contributed by atoms with Gasteiger partial charge in [0.2, 0.25) is 0 Å². The fourth-order valence-electron chi connectivity index (χ4n) is 2.28. The zero-order chi connectivity index (χ0) is 13.8. The lowest BCUT2D eigenvalue weighted by atomic mass is 10.1. The second kappa shape index (κ2) is 6.12. The number of hydrogen-bond donors (Lipinski definition) is 1. The van der Waals surface area contributed by atoms with E-state index in [1.54, 1.807) is 0 Å². The lowest BCUT2D eigenvalue weighted by Crippen LogP contribution is -2.16. The smallest absolute Gasteiger partial charge is 0.134 e. The molecular weight excluding hydrogens is 270 g/mol. The fraction of sp³-hybridized carbons (Fsp3) is 0.176. The Balaban J connectivity index is 1.54. The number of para-hydroxylation sites is 1. The van der Waals surface area contributed by atoms with Crippen LogP contribution in [0.25, 0.3) is 11.0 Å². The van der Waals surface area contributed by atoms with Crippen molar-refractivity contribution in [2.24, 2.45) is 0 Å². The molecule has 0 unspecified atom stereocenters. The first-order chi connectivity index (χ1) is 9.83. The molecule has 0 spiro atoms. The molecule has 0 bridgehead atoms. The molecule has 3 aromatic rings. The van der Waals surface area contributed by atoms with Crippen molar-refractivity contribution in [1.82, 2.24) is 5.32 Å². The molecule has 1 aromatic heterocycles. The van der Waals surface area contributed by atoms with Crippen molar-refractivity contribution < 1.29 is 4.42 Å². The Kier molecular flexibility index (Phi) is 4.05. The summed E-state index contributed by atoms with van der Waals surface area (Å²) in [7, 11) is 0. The monoisotopic (exact) mass is 285 g/mol. The van der Waals surface area contributed by atoms with Crippen molar-refractivity contribution in [2.45, 2.75) is 13.0 Å². The Labute approximate surface area is 123 Å². The molecule has 0 aliphatic rings. The topological polar surface area (TPSA) is 25.2 Å². The Morgan fingerprint density at radius 1 is 1.00 bits per heavy atom. The molecule has 0 saturated carbocycles. The number of rotatable bonds is 5. The predicted octanol–water partition coefficient (Wildman–Crippen LogP) is 4.42. The zero-order valence-electron chi connectivity index (χ0n) is 11.1. The van der Waals surface area contributed by atoms with Crippen molar-refractivity contribution in [1.29, 1.82) is 0 Å². The molecule has 3 rings (SSSR count). The summed E-state index contributed by atoms with van der Waals surface area (Å²) >= 11 is 5.87. The van der Waals surface area contributed by atoms with Crippen LogP contribution in [0.4, 0.5) is 0 Å². The van der Waals surface area contributed by atoms with Crippen LogP contribution < -0.4 is 5.32 Å². The average Bonchev–Trinajstić information content (AvgIpc) is 2.89. The summed E-state index contributed by atoms with van der Waals surface area (Å²) in [5.41, 5.74) is 3.44. The summed E-state index contributed by atoms with van der Waals surface area (Å²) in [6.07, 6.45) is 2.83. The number of benzene rings is 2. The van der Waals surface area contributed by atoms with E-state index in [4.69, 9.17) is 16.0 Å². The Bertz CT molecular complexity index is 688. The first-order valence-electron chi connectivity index (χ1n) is 6.73. The lowest BCUT2D eigenvalue weighted by Gasteiger charge is -2.04. The molecule has 2 aromatic carbocycles. The normalized spacial score (nSPS) is 11.1. The molecule has 0 radical (unpaired) electrons. The molecule has 2 nitrogen and oxygen atoms in total. The van der Waals surface area contributed by atoms with Gasteiger partial charge in [-0.05, 0) is 36.7 Å². The predicted molar refractivity (Wildman–Crippen MR) is 83.1 cm³/mol. The Hall–Kier alpha value is -1.77. The first-order valence-corrected chi connectivity index (χ1v) is 7.11. The van der Waals surface area contributed by atoms with Crippen LogP contribution in [-0.4, -0.2) is 6.54 Å². The second-order valence-electron chi connectivity index (χ2n) is 4.81. The van der Waals surface area contributed by atoms with Crippen LogP contribution in [0, 0.1) is 0 Å². The standard InChI is InChI=1S/C17H16ClNO/c18-15-7-5-13(6-8-15)9-10-19-11-14-12-20-17-4-2-1-3-16(14)17/h1-8,12,19H,9-11H2. The van der Waals surface area contributed by atoms with E-state index in [1.165, 1.54) is 16.5 Å². The van der Waals surface area contributed by atoms with Crippen LogP contribution in [0.15, 0.2) is 59.2 Å². The van der Waals surface area contributed by atoms with Crippen LogP contribution in [-0.2, 0) is 13.0 Å². The molecule has 3 heteroatoms. The van der Waals surface area contributed by atoms with E-state index >= 15 is 0 Å². The molecule has 1 heterocycles. The number of nitrogens with one attached hydrogen (secondary N) is 1. The maximum absolute atomic E-state index is 5.87. The van der Waals surface area contributed by atoms with Crippen molar-refractivity contribution in [3.8, 4) is 0 Å². The number of furan rings is 1. The highest BCUT2D eigenvalue weighted by molar-refractivity contribution is 6.30. The van der Waals surface area contributed by atoms with E-state index in [1.807, 2.05) is 36.6 Å². The van der Waals surface area contributed by atoms with Crippen LogP contribution in [0.3, 0.4) is 0 Å². The summed E-state index contributed by atoms with van der Waals surface area (Å²) < 4.78 is 5.52. The maximum atomic E-state index is 5.87. The highest BCUT2D eigenvalue weighted by Crippen LogP contribution is 2.20. The zero-order valence-corrected chi connectivity index (χ0v) is 11.9. The van der Waals surface area contributed by atoms with Gasteiger partial charge < -0.3 is 9.73 Å². The molecule has 0 aliphatic carbocycles. The van der Waals surface area contributed by atoms with Crippen molar-refractivity contribution >= 4 is 22.6 Å². The number of hydrogen-bond acceptors (Lipinski definition) is 2. The molecule has 0 atom stereocenters. The lowest BCUT2D eigenvalue weighted by molar-refractivity contribution is 0.602. The van der Waals surface area contributed by atoms with Crippen LogP contribution in [0.5, 0.6) is 0 Å². The van der Waals surface area contributed by atoms with Gasteiger partial charge in [0.25, 0.3) is 0 Å². The van der Waals surface area contributed by atoms with Gasteiger partial charge in [-0.1, -0.05) is 41.9 Å². The van der Waals surface area contributed by atoms with Crippen molar-refractivity contribution in [3.05, 3.63) is 70.9 Å². The van der Waals surface area contributed by atoms with Gasteiger partial charge in [-0.3, -0.25) is 0 Å². The molecule has 0 amide bonds. The van der Waals surface area contributed by atoms with E-state index < -0.39 is 0 Å². The highest BCUT2D eigenvalue weighted by atomic mass is 35.5. The van der Waals surface area contributed by atoms with Gasteiger partial charge in [0.05, 0.1) is 6.26 Å². The first kappa shape index (κ1) is 13.2. The van der Waals surface area contributed by atoms with Crippen LogP contribution >= 0.6 is 11.6 Å². The largest absolute Gasteiger partial charge is 0.464 e. The van der Waals surface area contributed by atoms with Crippen LogP contribution in [0.2, 0.25) is 5.02 Å². The molecule has 0 fully saturated rings. The fourth-order valence-corrected chi connectivity index (χ4v) is 2.40. The molecule has 1 N–H and O–H groups in total. The van der Waals surface area contributed by atoms with Gasteiger partial charge in [-0.25, -0.2) is 0 Å². The minimum Gasteiger partial charge on any atom is -0.464 e. The van der Waals surface area contributed by atoms with Gasteiger partial charge in [0, 0.05) is 22.5 Å².